The molecule has 0 aliphatic carbocycles. The van der Waals surface area contributed by atoms with Crippen molar-refractivity contribution in [3.05, 3.63) is 40.0 Å². The van der Waals surface area contributed by atoms with Gasteiger partial charge in [-0.15, -0.1) is 0 Å². The lowest BCUT2D eigenvalue weighted by atomic mass is 10.1. The lowest BCUT2D eigenvalue weighted by Gasteiger charge is -2.19. The number of ether oxygens (including phenoxy) is 1. The second-order valence-electron chi connectivity index (χ2n) is 5.66. The molecule has 1 aromatic carbocycles. The molecule has 0 saturated carbocycles. The average molecular weight is 307 g/mol. The molecule has 0 saturated heterocycles. The zero-order valence-corrected chi connectivity index (χ0v) is 13.0. The molecule has 1 rings (SSSR count). The molecule has 22 heavy (non-hydrogen) atoms. The van der Waals surface area contributed by atoms with Gasteiger partial charge in [-0.1, -0.05) is 18.2 Å². The van der Waals surface area contributed by atoms with Crippen molar-refractivity contribution in [1.29, 1.82) is 0 Å². The SMILES string of the molecule is CC(C)(C)OC(=O)NCCC=Cc1cccc(N)c1[N+](=O)[O-]. The molecule has 0 bridgehead atoms. The van der Waals surface area contributed by atoms with Crippen LogP contribution in [0, 0.1) is 10.1 Å². The summed E-state index contributed by atoms with van der Waals surface area (Å²) >= 11 is 0. The summed E-state index contributed by atoms with van der Waals surface area (Å²) in [5.41, 5.74) is 5.51. The number of hydrogen-bond acceptors (Lipinski definition) is 5. The number of nitrogen functional groups attached to an aromatic ring is 1. The van der Waals surface area contributed by atoms with Gasteiger partial charge in [0.2, 0.25) is 0 Å². The van der Waals surface area contributed by atoms with E-state index in [4.69, 9.17) is 10.5 Å². The fourth-order valence-electron chi connectivity index (χ4n) is 1.71. The Labute approximate surface area is 129 Å². The molecule has 7 heteroatoms. The minimum atomic E-state index is -0.540. The fraction of sp³-hybridized carbons (Fsp3) is 0.400. The van der Waals surface area contributed by atoms with E-state index in [2.05, 4.69) is 5.32 Å². The van der Waals surface area contributed by atoms with Crippen LogP contribution in [0.1, 0.15) is 32.8 Å². The number of carbonyl (C=O) groups is 1. The summed E-state index contributed by atoms with van der Waals surface area (Å²) < 4.78 is 5.09. The Morgan fingerprint density at radius 2 is 2.14 bits per heavy atom. The Balaban J connectivity index is 2.53. The molecule has 0 heterocycles. The first-order chi connectivity index (χ1) is 10.2. The first-order valence-electron chi connectivity index (χ1n) is 6.87. The molecule has 0 aliphatic rings. The molecule has 0 atom stereocenters. The van der Waals surface area contributed by atoms with Gasteiger partial charge in [-0.3, -0.25) is 10.1 Å². The monoisotopic (exact) mass is 307 g/mol. The van der Waals surface area contributed by atoms with Crippen molar-refractivity contribution in [3.63, 3.8) is 0 Å². The highest BCUT2D eigenvalue weighted by molar-refractivity contribution is 5.72. The molecule has 0 radical (unpaired) electrons. The van der Waals surface area contributed by atoms with Gasteiger partial charge in [0, 0.05) is 6.54 Å². The maximum atomic E-state index is 11.4. The van der Waals surface area contributed by atoms with Gasteiger partial charge in [-0.05, 0) is 39.3 Å². The van der Waals surface area contributed by atoms with Crippen LogP contribution >= 0.6 is 0 Å². The predicted octanol–water partition coefficient (Wildman–Crippen LogP) is 3.11. The van der Waals surface area contributed by atoms with Crippen molar-refractivity contribution in [2.75, 3.05) is 12.3 Å². The molecule has 3 N–H and O–H groups in total. The number of anilines is 1. The standard InChI is InChI=1S/C15H21N3O4/c1-15(2,3)22-14(19)17-10-5-4-7-11-8-6-9-12(16)13(11)18(20)21/h4,6-9H,5,10,16H2,1-3H3,(H,17,19). The molecule has 0 spiro atoms. The van der Waals surface area contributed by atoms with Gasteiger partial charge in [0.05, 0.1) is 10.5 Å². The Kier molecular flexibility index (Phi) is 5.91. The summed E-state index contributed by atoms with van der Waals surface area (Å²) in [5, 5.41) is 13.6. The Hall–Kier alpha value is -2.57. The average Bonchev–Trinajstić information content (AvgIpc) is 2.35. The number of amides is 1. The number of carbonyl (C=O) groups excluding carboxylic acids is 1. The lowest BCUT2D eigenvalue weighted by Crippen LogP contribution is -2.32. The zero-order valence-electron chi connectivity index (χ0n) is 13.0. The number of para-hydroxylation sites is 1. The molecule has 7 nitrogen and oxygen atoms in total. The molecule has 120 valence electrons. The highest BCUT2D eigenvalue weighted by atomic mass is 16.6. The maximum Gasteiger partial charge on any atom is 0.407 e. The number of nitrogens with zero attached hydrogens (tertiary/aromatic N) is 1. The highest BCUT2D eigenvalue weighted by Crippen LogP contribution is 2.26. The van der Waals surface area contributed by atoms with E-state index in [1.165, 1.54) is 6.07 Å². The van der Waals surface area contributed by atoms with Crippen molar-refractivity contribution in [2.24, 2.45) is 0 Å². The predicted molar refractivity (Wildman–Crippen MR) is 85.4 cm³/mol. The van der Waals surface area contributed by atoms with E-state index in [0.717, 1.165) is 0 Å². The van der Waals surface area contributed by atoms with Crippen LogP contribution in [-0.2, 0) is 4.74 Å². The van der Waals surface area contributed by atoms with Gasteiger partial charge in [0.15, 0.2) is 0 Å². The topological polar surface area (TPSA) is 107 Å². The minimum Gasteiger partial charge on any atom is -0.444 e. The summed E-state index contributed by atoms with van der Waals surface area (Å²) in [4.78, 5) is 21.9. The van der Waals surface area contributed by atoms with E-state index in [0.29, 0.717) is 18.5 Å². The highest BCUT2D eigenvalue weighted by Gasteiger charge is 2.16. The van der Waals surface area contributed by atoms with E-state index >= 15 is 0 Å². The van der Waals surface area contributed by atoms with Gasteiger partial charge in [0.25, 0.3) is 5.69 Å². The van der Waals surface area contributed by atoms with Crippen molar-refractivity contribution >= 4 is 23.5 Å². The Bertz CT molecular complexity index is 577. The quantitative estimate of drug-likeness (QED) is 0.376. The lowest BCUT2D eigenvalue weighted by molar-refractivity contribution is -0.384. The number of nitro benzene ring substituents is 1. The van der Waals surface area contributed by atoms with Crippen molar-refractivity contribution in [1.82, 2.24) is 5.32 Å². The molecule has 1 aromatic rings. The Morgan fingerprint density at radius 3 is 2.73 bits per heavy atom. The van der Waals surface area contributed by atoms with Crippen LogP contribution < -0.4 is 11.1 Å². The number of hydrogen-bond donors (Lipinski definition) is 2. The van der Waals surface area contributed by atoms with Gasteiger partial charge >= 0.3 is 6.09 Å². The number of rotatable bonds is 5. The summed E-state index contributed by atoms with van der Waals surface area (Å²) in [6.45, 7) is 5.73. The third kappa shape index (κ3) is 5.82. The van der Waals surface area contributed by atoms with E-state index in [9.17, 15) is 14.9 Å². The second-order valence-corrected chi connectivity index (χ2v) is 5.66. The molecular weight excluding hydrogens is 286 g/mol. The molecule has 0 aromatic heterocycles. The molecule has 0 aliphatic heterocycles. The third-order valence-electron chi connectivity index (χ3n) is 2.56. The van der Waals surface area contributed by atoms with Crippen LogP contribution in [0.25, 0.3) is 6.08 Å². The van der Waals surface area contributed by atoms with E-state index in [-0.39, 0.29) is 11.4 Å². The Morgan fingerprint density at radius 1 is 1.45 bits per heavy atom. The van der Waals surface area contributed by atoms with E-state index < -0.39 is 16.6 Å². The summed E-state index contributed by atoms with van der Waals surface area (Å²) in [7, 11) is 0. The van der Waals surface area contributed by atoms with Gasteiger partial charge in [-0.2, -0.15) is 0 Å². The summed E-state index contributed by atoms with van der Waals surface area (Å²) in [6, 6.07) is 4.76. The van der Waals surface area contributed by atoms with Crippen molar-refractivity contribution in [2.45, 2.75) is 32.8 Å². The third-order valence-corrected chi connectivity index (χ3v) is 2.56. The number of nitro groups is 1. The van der Waals surface area contributed by atoms with Gasteiger partial charge in [-0.25, -0.2) is 4.79 Å². The first-order valence-corrected chi connectivity index (χ1v) is 6.87. The van der Waals surface area contributed by atoms with Gasteiger partial charge in [0.1, 0.15) is 11.3 Å². The van der Waals surface area contributed by atoms with Crippen LogP contribution in [0.3, 0.4) is 0 Å². The number of nitrogens with one attached hydrogen (secondary N) is 1. The van der Waals surface area contributed by atoms with Crippen LogP contribution in [0.5, 0.6) is 0 Å². The van der Waals surface area contributed by atoms with Crippen LogP contribution in [0.2, 0.25) is 0 Å². The first kappa shape index (κ1) is 17.5. The van der Waals surface area contributed by atoms with Crippen molar-refractivity contribution < 1.29 is 14.5 Å². The van der Waals surface area contributed by atoms with Crippen LogP contribution in [0.4, 0.5) is 16.2 Å². The maximum absolute atomic E-state index is 11.4. The molecular formula is C15H21N3O4. The van der Waals surface area contributed by atoms with E-state index in [1.807, 2.05) is 0 Å². The smallest absolute Gasteiger partial charge is 0.407 e. The normalized spacial score (nSPS) is 11.4. The van der Waals surface area contributed by atoms with Crippen LogP contribution in [-0.4, -0.2) is 23.2 Å². The van der Waals surface area contributed by atoms with Crippen LogP contribution in [0.15, 0.2) is 24.3 Å². The zero-order chi connectivity index (χ0) is 16.8. The van der Waals surface area contributed by atoms with Crippen molar-refractivity contribution in [3.8, 4) is 0 Å². The minimum absolute atomic E-state index is 0.112. The summed E-state index contributed by atoms with van der Waals surface area (Å²) in [5.74, 6) is 0. The molecule has 0 unspecified atom stereocenters. The van der Waals surface area contributed by atoms with E-state index in [1.54, 1.807) is 45.1 Å². The number of benzene rings is 1. The summed E-state index contributed by atoms with van der Waals surface area (Å²) in [6.07, 6.45) is 3.38. The number of nitrogens with two attached hydrogens (primary N) is 1. The van der Waals surface area contributed by atoms with Gasteiger partial charge < -0.3 is 15.8 Å². The second kappa shape index (κ2) is 7.44. The fourth-order valence-corrected chi connectivity index (χ4v) is 1.71. The number of alkyl carbamates (subject to hydrolysis) is 1. The molecule has 0 fully saturated rings. The largest absolute Gasteiger partial charge is 0.444 e. The molecule has 1 amide bonds.